The van der Waals surface area contributed by atoms with Crippen molar-refractivity contribution in [2.24, 2.45) is 5.73 Å². The van der Waals surface area contributed by atoms with Gasteiger partial charge in [0.05, 0.1) is 0 Å². The third-order valence-corrected chi connectivity index (χ3v) is 3.30. The topological polar surface area (TPSA) is 52.3 Å². The smallest absolute Gasteiger partial charge is 0.323 e. The molecule has 0 radical (unpaired) electrons. The average molecular weight is 315 g/mol. The zero-order chi connectivity index (χ0) is 17.0. The number of hydrogen-bond donors (Lipinski definition) is 1. The Kier molecular flexibility index (Phi) is 5.16. The Morgan fingerprint density at radius 2 is 1.74 bits per heavy atom. The lowest BCUT2D eigenvalue weighted by molar-refractivity contribution is -0.156. The van der Waals surface area contributed by atoms with Gasteiger partial charge in [0.25, 0.3) is 0 Å². The first-order valence-corrected chi connectivity index (χ1v) is 7.58. The van der Waals surface area contributed by atoms with Crippen molar-refractivity contribution in [3.8, 4) is 11.1 Å². The van der Waals surface area contributed by atoms with E-state index in [-0.39, 0.29) is 5.82 Å². The van der Waals surface area contributed by atoms with Crippen LogP contribution in [0.5, 0.6) is 0 Å². The first kappa shape index (κ1) is 17.2. The molecule has 2 aromatic rings. The highest BCUT2D eigenvalue weighted by molar-refractivity contribution is 5.76. The Hall–Kier alpha value is -2.20. The molecule has 0 fully saturated rings. The van der Waals surface area contributed by atoms with Gasteiger partial charge in [-0.25, -0.2) is 4.39 Å². The molecule has 0 aromatic heterocycles. The minimum absolute atomic E-state index is 0.259. The molecule has 0 amide bonds. The summed E-state index contributed by atoms with van der Waals surface area (Å²) in [5.41, 5.74) is 7.59. The molecule has 0 unspecified atom stereocenters. The molecule has 3 nitrogen and oxygen atoms in total. The number of nitrogens with two attached hydrogens (primary N) is 1. The van der Waals surface area contributed by atoms with E-state index in [1.807, 2.05) is 24.3 Å². The predicted molar refractivity (Wildman–Crippen MR) is 89.4 cm³/mol. The molecule has 0 saturated heterocycles. The quantitative estimate of drug-likeness (QED) is 0.875. The van der Waals surface area contributed by atoms with Crippen LogP contribution in [0, 0.1) is 5.82 Å². The number of ether oxygens (including phenoxy) is 1. The van der Waals surface area contributed by atoms with Crippen LogP contribution in [-0.2, 0) is 16.0 Å². The lowest BCUT2D eigenvalue weighted by atomic mass is 10.0. The van der Waals surface area contributed by atoms with Crippen LogP contribution in [0.4, 0.5) is 4.39 Å². The van der Waals surface area contributed by atoms with E-state index in [9.17, 15) is 9.18 Å². The summed E-state index contributed by atoms with van der Waals surface area (Å²) < 4.78 is 19.0. The van der Waals surface area contributed by atoms with Gasteiger partial charge in [-0.3, -0.25) is 4.79 Å². The lowest BCUT2D eigenvalue weighted by Crippen LogP contribution is -2.38. The molecule has 122 valence electrons. The molecule has 4 heteroatoms. The largest absolute Gasteiger partial charge is 0.459 e. The van der Waals surface area contributed by atoms with E-state index >= 15 is 0 Å². The normalized spacial score (nSPS) is 12.7. The SMILES string of the molecule is CC(C)(C)OC(=O)[C@@H](N)Cc1ccc(-c2ccccc2F)cc1. The average Bonchev–Trinajstić information content (AvgIpc) is 2.47. The number of hydrogen-bond acceptors (Lipinski definition) is 3. The summed E-state index contributed by atoms with van der Waals surface area (Å²) in [6.07, 6.45) is 0.381. The molecule has 23 heavy (non-hydrogen) atoms. The fourth-order valence-electron chi connectivity index (χ4n) is 2.23. The van der Waals surface area contributed by atoms with Gasteiger partial charge in [0.15, 0.2) is 0 Å². The fourth-order valence-corrected chi connectivity index (χ4v) is 2.23. The van der Waals surface area contributed by atoms with Gasteiger partial charge in [-0.2, -0.15) is 0 Å². The van der Waals surface area contributed by atoms with Gasteiger partial charge in [0, 0.05) is 5.56 Å². The van der Waals surface area contributed by atoms with Crippen LogP contribution in [0.2, 0.25) is 0 Å². The number of rotatable bonds is 4. The zero-order valence-electron chi connectivity index (χ0n) is 13.7. The van der Waals surface area contributed by atoms with Gasteiger partial charge in [-0.1, -0.05) is 42.5 Å². The van der Waals surface area contributed by atoms with E-state index in [2.05, 4.69) is 0 Å². The first-order chi connectivity index (χ1) is 10.8. The predicted octanol–water partition coefficient (Wildman–Crippen LogP) is 3.70. The summed E-state index contributed by atoms with van der Waals surface area (Å²) in [5, 5.41) is 0. The third kappa shape index (κ3) is 4.89. The van der Waals surface area contributed by atoms with Crippen molar-refractivity contribution >= 4 is 5.97 Å². The highest BCUT2D eigenvalue weighted by Crippen LogP contribution is 2.23. The second-order valence-corrected chi connectivity index (χ2v) is 6.52. The van der Waals surface area contributed by atoms with Crippen LogP contribution in [0.1, 0.15) is 26.3 Å². The number of halogens is 1. The highest BCUT2D eigenvalue weighted by Gasteiger charge is 2.22. The first-order valence-electron chi connectivity index (χ1n) is 7.58. The molecule has 0 spiro atoms. The Bertz CT molecular complexity index is 675. The maximum absolute atomic E-state index is 13.8. The molecule has 2 rings (SSSR count). The molecule has 2 aromatic carbocycles. The zero-order valence-corrected chi connectivity index (χ0v) is 13.7. The molecule has 0 aliphatic carbocycles. The van der Waals surface area contributed by atoms with E-state index in [1.165, 1.54) is 6.07 Å². The van der Waals surface area contributed by atoms with E-state index in [0.717, 1.165) is 11.1 Å². The monoisotopic (exact) mass is 315 g/mol. The van der Waals surface area contributed by atoms with Gasteiger partial charge in [-0.15, -0.1) is 0 Å². The summed E-state index contributed by atoms with van der Waals surface area (Å²) in [6.45, 7) is 5.42. The second-order valence-electron chi connectivity index (χ2n) is 6.52. The van der Waals surface area contributed by atoms with Crippen LogP contribution < -0.4 is 5.73 Å². The molecule has 0 bridgehead atoms. The molecule has 2 N–H and O–H groups in total. The van der Waals surface area contributed by atoms with Crippen LogP contribution >= 0.6 is 0 Å². The summed E-state index contributed by atoms with van der Waals surface area (Å²) in [7, 11) is 0. The van der Waals surface area contributed by atoms with Gasteiger partial charge in [0.2, 0.25) is 0 Å². The van der Waals surface area contributed by atoms with Gasteiger partial charge in [0.1, 0.15) is 17.5 Å². The van der Waals surface area contributed by atoms with Crippen LogP contribution in [0.15, 0.2) is 48.5 Å². The molecule has 1 atom stereocenters. The van der Waals surface area contributed by atoms with Crippen molar-refractivity contribution in [3.05, 3.63) is 59.9 Å². The summed E-state index contributed by atoms with van der Waals surface area (Å²) in [5.74, 6) is -0.679. The molecule has 0 saturated carbocycles. The van der Waals surface area contributed by atoms with Crippen LogP contribution in [-0.4, -0.2) is 17.6 Å². The van der Waals surface area contributed by atoms with Gasteiger partial charge < -0.3 is 10.5 Å². The van der Waals surface area contributed by atoms with Crippen molar-refractivity contribution < 1.29 is 13.9 Å². The van der Waals surface area contributed by atoms with E-state index in [4.69, 9.17) is 10.5 Å². The second kappa shape index (κ2) is 6.92. The Balaban J connectivity index is 2.06. The summed E-state index contributed by atoms with van der Waals surface area (Å²) in [6, 6.07) is 13.3. The van der Waals surface area contributed by atoms with Crippen molar-refractivity contribution in [2.75, 3.05) is 0 Å². The minimum atomic E-state index is -0.714. The van der Waals surface area contributed by atoms with Crippen LogP contribution in [0.25, 0.3) is 11.1 Å². The van der Waals surface area contributed by atoms with Crippen molar-refractivity contribution in [1.82, 2.24) is 0 Å². The fraction of sp³-hybridized carbons (Fsp3) is 0.316. The van der Waals surface area contributed by atoms with Gasteiger partial charge in [-0.05, 0) is 44.4 Å². The Morgan fingerprint density at radius 3 is 2.30 bits per heavy atom. The van der Waals surface area contributed by atoms with Crippen molar-refractivity contribution in [3.63, 3.8) is 0 Å². The molecule has 0 aliphatic rings. The highest BCUT2D eigenvalue weighted by atomic mass is 19.1. The minimum Gasteiger partial charge on any atom is -0.459 e. The van der Waals surface area contributed by atoms with Gasteiger partial charge >= 0.3 is 5.97 Å². The van der Waals surface area contributed by atoms with E-state index in [1.54, 1.807) is 39.0 Å². The van der Waals surface area contributed by atoms with Crippen molar-refractivity contribution in [2.45, 2.75) is 38.8 Å². The van der Waals surface area contributed by atoms with Crippen molar-refractivity contribution in [1.29, 1.82) is 0 Å². The number of esters is 1. The summed E-state index contributed by atoms with van der Waals surface area (Å²) in [4.78, 5) is 11.9. The van der Waals surface area contributed by atoms with E-state index < -0.39 is 17.6 Å². The van der Waals surface area contributed by atoms with Crippen LogP contribution in [0.3, 0.4) is 0 Å². The maximum atomic E-state index is 13.8. The maximum Gasteiger partial charge on any atom is 0.323 e. The standard InChI is InChI=1S/C19H22FNO2/c1-19(2,3)23-18(22)17(21)12-13-8-10-14(11-9-13)15-6-4-5-7-16(15)20/h4-11,17H,12,21H2,1-3H3/t17-/m0/s1. The number of carbonyl (C=O) groups excluding carboxylic acids is 1. The summed E-state index contributed by atoms with van der Waals surface area (Å²) >= 11 is 0. The molecule has 0 aliphatic heterocycles. The lowest BCUT2D eigenvalue weighted by Gasteiger charge is -2.22. The molecule has 0 heterocycles. The molecular weight excluding hydrogens is 293 g/mol. The Morgan fingerprint density at radius 1 is 1.13 bits per heavy atom. The van der Waals surface area contributed by atoms with E-state index in [0.29, 0.717) is 12.0 Å². The third-order valence-electron chi connectivity index (χ3n) is 3.30. The number of carbonyl (C=O) groups is 1. The molecular formula is C19H22FNO2. The Labute approximate surface area is 136 Å². The number of benzene rings is 2.